The number of anilines is 1. The highest BCUT2D eigenvalue weighted by molar-refractivity contribution is 5.97. The second-order valence-corrected chi connectivity index (χ2v) is 8.79. The molecule has 1 aliphatic rings. The molecule has 2 aromatic carbocycles. The number of halogens is 3. The maximum Gasteiger partial charge on any atom is 0.306 e. The van der Waals surface area contributed by atoms with E-state index in [0.717, 1.165) is 4.68 Å². The van der Waals surface area contributed by atoms with Gasteiger partial charge in [-0.1, -0.05) is 6.07 Å². The van der Waals surface area contributed by atoms with E-state index in [1.807, 2.05) is 0 Å². The number of carboxylic acid groups (broad SMARTS) is 1. The number of rotatable bonds is 10. The van der Waals surface area contributed by atoms with Gasteiger partial charge in [0, 0.05) is 24.0 Å². The van der Waals surface area contributed by atoms with Crippen LogP contribution in [-0.2, 0) is 25.7 Å². The lowest BCUT2D eigenvalue weighted by Gasteiger charge is -2.20. The van der Waals surface area contributed by atoms with Crippen LogP contribution in [0, 0.1) is 12.7 Å². The average molecular weight is 531 g/mol. The van der Waals surface area contributed by atoms with Crippen LogP contribution in [0.5, 0.6) is 5.75 Å². The summed E-state index contributed by atoms with van der Waals surface area (Å²) < 4.78 is 54.7. The topological polar surface area (TPSA) is 120 Å². The molecule has 1 aliphatic heterocycles. The number of ether oxygens (including phenoxy) is 2. The number of carboxylic acids is 1. The molecule has 0 bridgehead atoms. The maximum absolute atomic E-state index is 14.9. The Labute approximate surface area is 215 Å². The van der Waals surface area contributed by atoms with E-state index in [-0.39, 0.29) is 37.5 Å². The van der Waals surface area contributed by atoms with Crippen molar-refractivity contribution in [3.05, 3.63) is 54.0 Å². The summed E-state index contributed by atoms with van der Waals surface area (Å²) in [4.78, 5) is 34.1. The summed E-state index contributed by atoms with van der Waals surface area (Å²) in [5, 5.41) is 15.7. The zero-order valence-electron chi connectivity index (χ0n) is 20.3. The van der Waals surface area contributed by atoms with E-state index >= 15 is 0 Å². The third-order valence-electron chi connectivity index (χ3n) is 5.74. The second-order valence-electron chi connectivity index (χ2n) is 8.79. The Morgan fingerprint density at radius 1 is 1.16 bits per heavy atom. The molecule has 2 heterocycles. The van der Waals surface area contributed by atoms with Gasteiger partial charge in [-0.3, -0.25) is 19.1 Å². The number of hydrogen-bond acceptors (Lipinski definition) is 6. The first-order valence-corrected chi connectivity index (χ1v) is 11.7. The summed E-state index contributed by atoms with van der Waals surface area (Å²) >= 11 is 0. The third-order valence-corrected chi connectivity index (χ3v) is 5.74. The molecule has 0 spiro atoms. The predicted octanol–water partition coefficient (Wildman–Crippen LogP) is 4.43. The fourth-order valence-electron chi connectivity index (χ4n) is 4.09. The van der Waals surface area contributed by atoms with Gasteiger partial charge >= 0.3 is 17.9 Å². The van der Waals surface area contributed by atoms with E-state index in [9.17, 15) is 27.6 Å². The van der Waals surface area contributed by atoms with E-state index in [2.05, 4.69) is 15.2 Å². The van der Waals surface area contributed by atoms with Gasteiger partial charge in [-0.2, -0.15) is 5.10 Å². The number of nitrogens with one attached hydrogen (secondary N) is 1. The van der Waals surface area contributed by atoms with Crippen molar-refractivity contribution in [1.82, 2.24) is 9.78 Å². The van der Waals surface area contributed by atoms with Crippen LogP contribution in [-0.4, -0.2) is 51.9 Å². The van der Waals surface area contributed by atoms with Gasteiger partial charge in [0.15, 0.2) is 13.2 Å². The monoisotopic (exact) mass is 531 g/mol. The van der Waals surface area contributed by atoms with Crippen molar-refractivity contribution in [2.75, 3.05) is 18.5 Å². The molecule has 0 fully saturated rings. The number of carbonyl (C=O) groups excluding carboxylic acids is 2. The quantitative estimate of drug-likeness (QED) is 0.372. The lowest BCUT2D eigenvalue weighted by molar-refractivity contribution is -0.157. The Morgan fingerprint density at radius 2 is 1.87 bits per heavy atom. The molecule has 0 atom stereocenters. The number of carbonyl (C=O) groups is 3. The minimum absolute atomic E-state index is 0.0254. The molecule has 2 N–H and O–H groups in total. The van der Waals surface area contributed by atoms with Crippen LogP contribution in [0.2, 0.25) is 0 Å². The first-order valence-electron chi connectivity index (χ1n) is 11.7. The molecular formula is C26H24F3N3O6. The SMILES string of the molecule is Cc1nn(CC(F)(F)COC(=O)CCCC(=O)O)c(-c2ccc(F)cc2)c1-c1ccc2c(c1)NC(=O)CO2. The molecule has 0 saturated carbocycles. The highest BCUT2D eigenvalue weighted by Gasteiger charge is 2.34. The van der Waals surface area contributed by atoms with Crippen molar-refractivity contribution in [2.24, 2.45) is 0 Å². The van der Waals surface area contributed by atoms with Crippen molar-refractivity contribution in [1.29, 1.82) is 0 Å². The van der Waals surface area contributed by atoms with Gasteiger partial charge in [-0.15, -0.1) is 0 Å². The molecule has 4 rings (SSSR count). The lowest BCUT2D eigenvalue weighted by atomic mass is 9.98. The Morgan fingerprint density at radius 3 is 2.58 bits per heavy atom. The van der Waals surface area contributed by atoms with Crippen molar-refractivity contribution in [3.63, 3.8) is 0 Å². The maximum atomic E-state index is 14.9. The van der Waals surface area contributed by atoms with Crippen LogP contribution in [0.25, 0.3) is 22.4 Å². The number of aryl methyl sites for hydroxylation is 1. The van der Waals surface area contributed by atoms with E-state index in [0.29, 0.717) is 33.8 Å². The smallest absolute Gasteiger partial charge is 0.306 e. The predicted molar refractivity (Wildman–Crippen MR) is 129 cm³/mol. The molecule has 1 aromatic heterocycles. The molecule has 200 valence electrons. The number of fused-ring (bicyclic) bond motifs is 1. The summed E-state index contributed by atoms with van der Waals surface area (Å²) in [5.74, 6) is -5.94. The molecule has 0 unspecified atom stereocenters. The van der Waals surface area contributed by atoms with Crippen LogP contribution >= 0.6 is 0 Å². The van der Waals surface area contributed by atoms with Gasteiger partial charge in [-0.05, 0) is 55.3 Å². The summed E-state index contributed by atoms with van der Waals surface area (Å²) in [6.45, 7) is -0.663. The average Bonchev–Trinajstić information content (AvgIpc) is 3.17. The fourth-order valence-corrected chi connectivity index (χ4v) is 4.09. The van der Waals surface area contributed by atoms with Gasteiger partial charge in [0.1, 0.15) is 18.1 Å². The zero-order valence-corrected chi connectivity index (χ0v) is 20.3. The Balaban J connectivity index is 1.64. The number of amides is 1. The van der Waals surface area contributed by atoms with Gasteiger partial charge in [-0.25, -0.2) is 13.2 Å². The molecule has 38 heavy (non-hydrogen) atoms. The molecule has 9 nitrogen and oxygen atoms in total. The highest BCUT2D eigenvalue weighted by Crippen LogP contribution is 2.40. The standard InChI is InChI=1S/C26H24F3N3O6/c1-15-24(17-7-10-20-19(11-17)30-21(33)12-37-20)25(16-5-8-18(27)9-6-16)32(31-15)13-26(28,29)14-38-23(36)4-2-3-22(34)35/h5-11H,2-4,12-14H2,1H3,(H,30,33)(H,34,35). The third kappa shape index (κ3) is 6.31. The van der Waals surface area contributed by atoms with Crippen molar-refractivity contribution in [2.45, 2.75) is 38.7 Å². The molecular weight excluding hydrogens is 507 g/mol. The summed E-state index contributed by atoms with van der Waals surface area (Å²) in [7, 11) is 0. The van der Waals surface area contributed by atoms with E-state index in [1.54, 1.807) is 25.1 Å². The largest absolute Gasteiger partial charge is 0.482 e. The van der Waals surface area contributed by atoms with E-state index < -0.39 is 36.8 Å². The van der Waals surface area contributed by atoms with Crippen LogP contribution in [0.15, 0.2) is 42.5 Å². The Bertz CT molecular complexity index is 1370. The van der Waals surface area contributed by atoms with Gasteiger partial charge in [0.05, 0.1) is 17.1 Å². The number of aliphatic carboxylic acids is 1. The molecule has 3 aromatic rings. The van der Waals surface area contributed by atoms with Crippen LogP contribution in [0.3, 0.4) is 0 Å². The summed E-state index contributed by atoms with van der Waals surface area (Å²) in [6, 6.07) is 10.3. The van der Waals surface area contributed by atoms with Crippen LogP contribution in [0.4, 0.5) is 18.9 Å². The van der Waals surface area contributed by atoms with Crippen LogP contribution < -0.4 is 10.1 Å². The number of alkyl halides is 2. The summed E-state index contributed by atoms with van der Waals surface area (Å²) in [5.41, 5.74) is 2.55. The zero-order chi connectivity index (χ0) is 27.4. The van der Waals surface area contributed by atoms with Crippen molar-refractivity contribution < 1.29 is 42.1 Å². The van der Waals surface area contributed by atoms with E-state index in [1.165, 1.54) is 24.3 Å². The number of nitrogens with zero attached hydrogens (tertiary/aromatic N) is 2. The number of hydrogen-bond donors (Lipinski definition) is 2. The molecule has 0 aliphatic carbocycles. The number of benzene rings is 2. The van der Waals surface area contributed by atoms with Gasteiger partial charge < -0.3 is 19.9 Å². The summed E-state index contributed by atoms with van der Waals surface area (Å²) in [6.07, 6.45) is -0.602. The van der Waals surface area contributed by atoms with Gasteiger partial charge in [0.25, 0.3) is 5.91 Å². The Hall–Kier alpha value is -4.35. The van der Waals surface area contributed by atoms with Crippen molar-refractivity contribution >= 4 is 23.5 Å². The minimum Gasteiger partial charge on any atom is -0.482 e. The fraction of sp³-hybridized carbons (Fsp3) is 0.308. The minimum atomic E-state index is -3.52. The second kappa shape index (κ2) is 11.0. The first kappa shape index (κ1) is 26.7. The number of esters is 1. The molecule has 12 heteroatoms. The van der Waals surface area contributed by atoms with Crippen LogP contribution in [0.1, 0.15) is 25.0 Å². The first-order chi connectivity index (χ1) is 18.0. The number of aromatic nitrogens is 2. The Kier molecular flexibility index (Phi) is 7.70. The molecule has 0 saturated heterocycles. The highest BCUT2D eigenvalue weighted by atomic mass is 19.3. The molecule has 1 amide bonds. The normalized spacial score (nSPS) is 12.9. The molecule has 0 radical (unpaired) electrons. The van der Waals surface area contributed by atoms with Gasteiger partial charge in [0.2, 0.25) is 0 Å². The van der Waals surface area contributed by atoms with E-state index in [4.69, 9.17) is 9.84 Å². The lowest BCUT2D eigenvalue weighted by Crippen LogP contribution is -2.31. The van der Waals surface area contributed by atoms with Crippen molar-refractivity contribution in [3.8, 4) is 28.1 Å².